The van der Waals surface area contributed by atoms with Crippen molar-refractivity contribution in [3.05, 3.63) is 65.7 Å². The Labute approximate surface area is 297 Å². The van der Waals surface area contributed by atoms with Gasteiger partial charge in [0.2, 0.25) is 17.7 Å². The molecule has 4 atom stereocenters. The summed E-state index contributed by atoms with van der Waals surface area (Å²) in [5.74, 6) is -2.27. The van der Waals surface area contributed by atoms with Crippen LogP contribution in [0, 0.1) is 0 Å². The van der Waals surface area contributed by atoms with E-state index in [1.54, 1.807) is 65.8 Å². The van der Waals surface area contributed by atoms with Gasteiger partial charge in [-0.05, 0) is 71.2 Å². The molecule has 0 aromatic heterocycles. The van der Waals surface area contributed by atoms with Crippen LogP contribution in [-0.2, 0) is 52.3 Å². The van der Waals surface area contributed by atoms with Crippen LogP contribution in [0.25, 0.3) is 0 Å². The van der Waals surface area contributed by atoms with E-state index in [-0.39, 0.29) is 43.7 Å². The van der Waals surface area contributed by atoms with Crippen molar-refractivity contribution in [2.75, 3.05) is 25.6 Å². The molecule has 0 aliphatic carbocycles. The fourth-order valence-electron chi connectivity index (χ4n) is 4.70. The Morgan fingerprint density at radius 3 is 1.84 bits per heavy atom. The Hall–Kier alpha value is -4.46. The van der Waals surface area contributed by atoms with Gasteiger partial charge < -0.3 is 35.4 Å². The average Bonchev–Trinajstić information content (AvgIpc) is 3.00. The van der Waals surface area contributed by atoms with Gasteiger partial charge in [-0.2, -0.15) is 0 Å². The summed E-state index contributed by atoms with van der Waals surface area (Å²) in [4.78, 5) is 67.7. The van der Waals surface area contributed by atoms with E-state index in [1.807, 2.05) is 18.2 Å². The molecule has 0 bridgehead atoms. The molecule has 0 radical (unpaired) electrons. The number of phenolic OH excluding ortho intramolecular Hbond substituents is 1. The molecule has 276 valence electrons. The fraction of sp³-hybridized carbons (Fsp3) is 0.528. The summed E-state index contributed by atoms with van der Waals surface area (Å²) in [7, 11) is 0.199. The highest BCUT2D eigenvalue weighted by molar-refractivity contribution is 7.84. The van der Waals surface area contributed by atoms with Crippen LogP contribution in [0.1, 0.15) is 65.5 Å². The van der Waals surface area contributed by atoms with Crippen molar-refractivity contribution in [1.29, 1.82) is 0 Å². The van der Waals surface area contributed by atoms with E-state index in [9.17, 15) is 33.3 Å². The standard InChI is InChI=1S/C36H52N4O9S/c1-35(2,3)48-30(42)18-20-40(7)33(45)29(23-24-12-10-9-11-13-24)38-31(43)27(19-21-50(8)47)37-32(44)28(39-34(46)49-36(4,5)6)22-25-14-16-26(41)17-15-25/h9-17,27-29,41H,18-23H2,1-8H3,(H,37,44)(H,38,43)(H,39,46)/t27-,28+,29+,50?/m1/s1. The summed E-state index contributed by atoms with van der Waals surface area (Å²) < 4.78 is 22.8. The van der Waals surface area contributed by atoms with E-state index in [0.29, 0.717) is 5.56 Å². The molecular weight excluding hydrogens is 664 g/mol. The summed E-state index contributed by atoms with van der Waals surface area (Å²) in [6.45, 7) is 10.3. The second kappa shape index (κ2) is 19.1. The predicted octanol–water partition coefficient (Wildman–Crippen LogP) is 3.00. The molecule has 0 spiro atoms. The van der Waals surface area contributed by atoms with E-state index in [1.165, 1.54) is 30.3 Å². The molecule has 14 heteroatoms. The smallest absolute Gasteiger partial charge is 0.408 e. The maximum absolute atomic E-state index is 13.9. The molecule has 2 aromatic carbocycles. The normalized spacial score (nSPS) is 13.9. The number of nitrogens with zero attached hydrogens (tertiary/aromatic N) is 1. The molecule has 50 heavy (non-hydrogen) atoms. The number of hydrogen-bond acceptors (Lipinski definition) is 9. The van der Waals surface area contributed by atoms with Crippen molar-refractivity contribution in [2.24, 2.45) is 0 Å². The number of amides is 4. The number of rotatable bonds is 16. The number of nitrogens with one attached hydrogen (secondary N) is 3. The SMILES string of the molecule is CN(CCC(=O)OC(C)(C)C)C(=O)[C@H](Cc1ccccc1)NC(=O)[C@@H](CCS(C)=O)NC(=O)[C@H](Cc1ccc(O)cc1)NC(=O)OC(C)(C)C. The molecule has 0 fully saturated rings. The lowest BCUT2D eigenvalue weighted by Gasteiger charge is -2.28. The molecule has 1 unspecified atom stereocenters. The number of esters is 1. The zero-order valence-electron chi connectivity index (χ0n) is 30.2. The summed E-state index contributed by atoms with van der Waals surface area (Å²) in [5.41, 5.74) is -0.163. The highest BCUT2D eigenvalue weighted by Gasteiger charge is 2.32. The average molecular weight is 717 g/mol. The predicted molar refractivity (Wildman–Crippen MR) is 191 cm³/mol. The molecule has 13 nitrogen and oxygen atoms in total. The highest BCUT2D eigenvalue weighted by atomic mass is 32.2. The molecule has 4 N–H and O–H groups in total. The third-order valence-corrected chi connectivity index (χ3v) is 7.87. The monoisotopic (exact) mass is 716 g/mol. The van der Waals surface area contributed by atoms with Gasteiger partial charge in [-0.15, -0.1) is 0 Å². The second-order valence-corrected chi connectivity index (χ2v) is 15.6. The van der Waals surface area contributed by atoms with Crippen LogP contribution >= 0.6 is 0 Å². The lowest BCUT2D eigenvalue weighted by molar-refractivity contribution is -0.155. The highest BCUT2D eigenvalue weighted by Crippen LogP contribution is 2.14. The summed E-state index contributed by atoms with van der Waals surface area (Å²) in [5, 5.41) is 17.7. The summed E-state index contributed by atoms with van der Waals surface area (Å²) >= 11 is 0. The van der Waals surface area contributed by atoms with Gasteiger partial charge in [-0.3, -0.25) is 23.4 Å². The molecule has 0 aliphatic heterocycles. The largest absolute Gasteiger partial charge is 0.508 e. The van der Waals surface area contributed by atoms with Crippen molar-refractivity contribution < 1.29 is 42.8 Å². The van der Waals surface area contributed by atoms with E-state index >= 15 is 0 Å². The molecule has 0 aliphatic rings. The van der Waals surface area contributed by atoms with Crippen molar-refractivity contribution in [3.63, 3.8) is 0 Å². The van der Waals surface area contributed by atoms with Gasteiger partial charge in [0.15, 0.2) is 0 Å². The van der Waals surface area contributed by atoms with Crippen molar-refractivity contribution in [2.45, 2.75) is 96.6 Å². The first-order valence-corrected chi connectivity index (χ1v) is 18.1. The lowest BCUT2D eigenvalue weighted by atomic mass is 10.0. The topological polar surface area (TPSA) is 180 Å². The second-order valence-electron chi connectivity index (χ2n) is 14.0. The van der Waals surface area contributed by atoms with Crippen molar-refractivity contribution in [1.82, 2.24) is 20.9 Å². The summed E-state index contributed by atoms with van der Waals surface area (Å²) in [6.07, 6.45) is 0.647. The minimum atomic E-state index is -1.32. The first-order valence-electron chi connectivity index (χ1n) is 16.4. The van der Waals surface area contributed by atoms with Gasteiger partial charge in [0.25, 0.3) is 0 Å². The van der Waals surface area contributed by atoms with E-state index in [4.69, 9.17) is 9.47 Å². The number of aromatic hydroxyl groups is 1. The number of carbonyl (C=O) groups is 5. The lowest BCUT2D eigenvalue weighted by Crippen LogP contribution is -2.58. The van der Waals surface area contributed by atoms with Crippen LogP contribution in [0.4, 0.5) is 4.79 Å². The minimum Gasteiger partial charge on any atom is -0.508 e. The van der Waals surface area contributed by atoms with E-state index in [0.717, 1.165) is 5.56 Å². The van der Waals surface area contributed by atoms with Crippen molar-refractivity contribution in [3.8, 4) is 5.75 Å². The molecule has 4 amide bonds. The summed E-state index contributed by atoms with van der Waals surface area (Å²) in [6, 6.07) is 11.6. The Kier molecular flexibility index (Phi) is 15.9. The number of phenols is 1. The zero-order valence-corrected chi connectivity index (χ0v) is 31.1. The number of benzene rings is 2. The Bertz CT molecular complexity index is 1470. The first-order chi connectivity index (χ1) is 23.2. The number of likely N-dealkylation sites (N-methyl/N-ethyl adjacent to an activating group) is 1. The van der Waals surface area contributed by atoms with Crippen LogP contribution in [-0.4, -0.2) is 98.9 Å². The molecular formula is C36H52N4O9S. The van der Waals surface area contributed by atoms with Gasteiger partial charge in [-0.1, -0.05) is 42.5 Å². The quantitative estimate of drug-likeness (QED) is 0.190. The van der Waals surface area contributed by atoms with Crippen LogP contribution in [0.2, 0.25) is 0 Å². The molecule has 0 saturated heterocycles. The molecule has 2 aromatic rings. The maximum atomic E-state index is 13.9. The molecule has 0 heterocycles. The third-order valence-electron chi connectivity index (χ3n) is 7.06. The zero-order chi connectivity index (χ0) is 37.6. The van der Waals surface area contributed by atoms with Gasteiger partial charge in [-0.25, -0.2) is 4.79 Å². The fourth-order valence-corrected chi connectivity index (χ4v) is 5.27. The van der Waals surface area contributed by atoms with Gasteiger partial charge in [0, 0.05) is 49.2 Å². The van der Waals surface area contributed by atoms with E-state index in [2.05, 4.69) is 16.0 Å². The van der Waals surface area contributed by atoms with Crippen LogP contribution in [0.5, 0.6) is 5.75 Å². The van der Waals surface area contributed by atoms with Gasteiger partial charge in [0.05, 0.1) is 6.42 Å². The maximum Gasteiger partial charge on any atom is 0.408 e. The van der Waals surface area contributed by atoms with Gasteiger partial charge >= 0.3 is 12.1 Å². The Balaban J connectivity index is 2.33. The van der Waals surface area contributed by atoms with E-state index < -0.39 is 69.9 Å². The Morgan fingerprint density at radius 2 is 1.28 bits per heavy atom. The van der Waals surface area contributed by atoms with Crippen LogP contribution < -0.4 is 16.0 Å². The number of hydrogen-bond donors (Lipinski definition) is 4. The minimum absolute atomic E-state index is 0.00301. The van der Waals surface area contributed by atoms with Gasteiger partial charge in [0.1, 0.15) is 35.1 Å². The van der Waals surface area contributed by atoms with Crippen LogP contribution in [0.15, 0.2) is 54.6 Å². The number of carbonyl (C=O) groups excluding carboxylic acids is 5. The molecule has 2 rings (SSSR count). The first kappa shape index (κ1) is 41.7. The molecule has 0 saturated carbocycles. The number of ether oxygens (including phenoxy) is 2. The van der Waals surface area contributed by atoms with Crippen molar-refractivity contribution >= 4 is 40.6 Å². The third kappa shape index (κ3) is 16.3. The van der Waals surface area contributed by atoms with Crippen LogP contribution in [0.3, 0.4) is 0 Å². The number of alkyl carbamates (subject to hydrolysis) is 1. The Morgan fingerprint density at radius 1 is 0.760 bits per heavy atom.